The van der Waals surface area contributed by atoms with Gasteiger partial charge in [0, 0.05) is 30.7 Å². The number of nitrogens with zero attached hydrogens (tertiary/aromatic N) is 3. The lowest BCUT2D eigenvalue weighted by molar-refractivity contribution is -0.122. The summed E-state index contributed by atoms with van der Waals surface area (Å²) in [7, 11) is 0. The van der Waals surface area contributed by atoms with Crippen LogP contribution in [-0.2, 0) is 16.1 Å². The molecule has 8 heteroatoms. The summed E-state index contributed by atoms with van der Waals surface area (Å²) in [5.74, 6) is 0.592. The molecule has 1 saturated heterocycles. The lowest BCUT2D eigenvalue weighted by Gasteiger charge is -2.40. The standard InChI is InChI=1S/C19H27N5O2S/c1-14-5-4-6-15(11-14)17-21-22-18(27)24(17)12-16(25)20-13-19(2,3)23-7-9-26-10-8-23/h4-6,11H,7-10,12-13H2,1-3H3,(H,20,25)(H,22,27). The van der Waals surface area contributed by atoms with Crippen LogP contribution in [0.4, 0.5) is 0 Å². The summed E-state index contributed by atoms with van der Waals surface area (Å²) < 4.78 is 7.59. The molecule has 0 saturated carbocycles. The molecule has 3 rings (SSSR count). The van der Waals surface area contributed by atoms with Crippen LogP contribution in [0.1, 0.15) is 19.4 Å². The fraction of sp³-hybridized carbons (Fsp3) is 0.526. The van der Waals surface area contributed by atoms with E-state index in [-0.39, 0.29) is 18.0 Å². The molecule has 2 heterocycles. The molecule has 2 N–H and O–H groups in total. The average Bonchev–Trinajstić information content (AvgIpc) is 3.01. The van der Waals surface area contributed by atoms with Crippen LogP contribution < -0.4 is 5.32 Å². The number of carbonyl (C=O) groups excluding carboxylic acids is 1. The number of amides is 1. The van der Waals surface area contributed by atoms with Crippen molar-refractivity contribution in [2.24, 2.45) is 0 Å². The van der Waals surface area contributed by atoms with Gasteiger partial charge in [-0.2, -0.15) is 5.10 Å². The number of hydrogen-bond acceptors (Lipinski definition) is 5. The summed E-state index contributed by atoms with van der Waals surface area (Å²) in [6.07, 6.45) is 0. The van der Waals surface area contributed by atoms with Crippen LogP contribution in [0.5, 0.6) is 0 Å². The number of rotatable bonds is 6. The van der Waals surface area contributed by atoms with Gasteiger partial charge >= 0.3 is 0 Å². The number of H-pyrrole nitrogens is 1. The lowest BCUT2D eigenvalue weighted by atomic mass is 10.0. The zero-order chi connectivity index (χ0) is 19.4. The minimum atomic E-state index is -0.128. The molecule has 7 nitrogen and oxygen atoms in total. The van der Waals surface area contributed by atoms with Crippen LogP contribution in [0.25, 0.3) is 11.4 Å². The van der Waals surface area contributed by atoms with Crippen molar-refractivity contribution in [2.75, 3.05) is 32.8 Å². The van der Waals surface area contributed by atoms with Crippen LogP contribution in [0, 0.1) is 11.7 Å². The van der Waals surface area contributed by atoms with Crippen molar-refractivity contribution in [1.82, 2.24) is 25.0 Å². The monoisotopic (exact) mass is 389 g/mol. The van der Waals surface area contributed by atoms with Crippen LogP contribution in [0.2, 0.25) is 0 Å². The summed E-state index contributed by atoms with van der Waals surface area (Å²) in [6, 6.07) is 7.99. The molecule has 0 bridgehead atoms. The summed E-state index contributed by atoms with van der Waals surface area (Å²) in [6.45, 7) is 10.2. The van der Waals surface area contributed by atoms with Crippen molar-refractivity contribution in [3.05, 3.63) is 34.6 Å². The first-order valence-corrected chi connectivity index (χ1v) is 9.59. The SMILES string of the molecule is Cc1cccc(-c2n[nH]c(=S)n2CC(=O)NCC(C)(C)N2CCOCC2)c1. The summed E-state index contributed by atoms with van der Waals surface area (Å²) >= 11 is 5.33. The highest BCUT2D eigenvalue weighted by Crippen LogP contribution is 2.19. The molecule has 1 aliphatic heterocycles. The second-order valence-electron chi connectivity index (χ2n) is 7.50. The molecule has 1 fully saturated rings. The highest BCUT2D eigenvalue weighted by atomic mass is 32.1. The minimum absolute atomic E-state index is 0.0808. The van der Waals surface area contributed by atoms with E-state index in [1.165, 1.54) is 0 Å². The Morgan fingerprint density at radius 2 is 2.11 bits per heavy atom. The van der Waals surface area contributed by atoms with Gasteiger partial charge in [-0.3, -0.25) is 19.4 Å². The number of hydrogen-bond donors (Lipinski definition) is 2. The first-order chi connectivity index (χ1) is 12.9. The molecule has 1 amide bonds. The number of aromatic nitrogens is 3. The molecule has 1 aromatic carbocycles. The third-order valence-corrected chi connectivity index (χ3v) is 5.23. The van der Waals surface area contributed by atoms with Gasteiger partial charge in [-0.05, 0) is 39.1 Å². The number of aryl methyl sites for hydroxylation is 1. The minimum Gasteiger partial charge on any atom is -0.379 e. The Morgan fingerprint density at radius 3 is 2.81 bits per heavy atom. The van der Waals surface area contributed by atoms with Crippen molar-refractivity contribution in [3.8, 4) is 11.4 Å². The predicted octanol–water partition coefficient (Wildman–Crippen LogP) is 2.14. The van der Waals surface area contributed by atoms with E-state index in [2.05, 4.69) is 34.3 Å². The van der Waals surface area contributed by atoms with E-state index in [1.54, 1.807) is 4.57 Å². The Labute approximate surface area is 164 Å². The maximum Gasteiger partial charge on any atom is 0.240 e. The van der Waals surface area contributed by atoms with Gasteiger partial charge in [0.2, 0.25) is 5.91 Å². The smallest absolute Gasteiger partial charge is 0.240 e. The van der Waals surface area contributed by atoms with E-state index in [9.17, 15) is 4.79 Å². The summed E-state index contributed by atoms with van der Waals surface area (Å²) in [5.41, 5.74) is 1.94. The fourth-order valence-electron chi connectivity index (χ4n) is 3.26. The molecule has 27 heavy (non-hydrogen) atoms. The molecule has 2 aromatic rings. The molecule has 0 atom stereocenters. The largest absolute Gasteiger partial charge is 0.379 e. The van der Waals surface area contributed by atoms with Crippen molar-refractivity contribution < 1.29 is 9.53 Å². The van der Waals surface area contributed by atoms with Crippen molar-refractivity contribution in [2.45, 2.75) is 32.9 Å². The van der Waals surface area contributed by atoms with Crippen LogP contribution >= 0.6 is 12.2 Å². The molecular weight excluding hydrogens is 362 g/mol. The van der Waals surface area contributed by atoms with Gasteiger partial charge in [-0.15, -0.1) is 0 Å². The van der Waals surface area contributed by atoms with Gasteiger partial charge in [-0.1, -0.05) is 23.8 Å². The second-order valence-corrected chi connectivity index (χ2v) is 7.88. The van der Waals surface area contributed by atoms with Gasteiger partial charge in [0.05, 0.1) is 13.2 Å². The molecule has 1 aromatic heterocycles. The van der Waals surface area contributed by atoms with Crippen molar-refractivity contribution in [3.63, 3.8) is 0 Å². The van der Waals surface area contributed by atoms with E-state index in [4.69, 9.17) is 17.0 Å². The quantitative estimate of drug-likeness (QED) is 0.741. The van der Waals surface area contributed by atoms with E-state index < -0.39 is 0 Å². The molecule has 0 aliphatic carbocycles. The van der Waals surface area contributed by atoms with Crippen molar-refractivity contribution >= 4 is 18.1 Å². The molecular formula is C19H27N5O2S. The first-order valence-electron chi connectivity index (χ1n) is 9.18. The van der Waals surface area contributed by atoms with Gasteiger partial charge in [0.1, 0.15) is 6.54 Å². The van der Waals surface area contributed by atoms with E-state index >= 15 is 0 Å². The highest BCUT2D eigenvalue weighted by Gasteiger charge is 2.28. The van der Waals surface area contributed by atoms with E-state index in [0.717, 1.165) is 37.4 Å². The Balaban J connectivity index is 1.66. The third kappa shape index (κ3) is 4.82. The van der Waals surface area contributed by atoms with Gasteiger partial charge in [0.25, 0.3) is 0 Å². The Bertz CT molecular complexity index is 852. The van der Waals surface area contributed by atoms with Gasteiger partial charge < -0.3 is 10.1 Å². The van der Waals surface area contributed by atoms with Crippen LogP contribution in [0.3, 0.4) is 0 Å². The first kappa shape index (κ1) is 19.7. The third-order valence-electron chi connectivity index (χ3n) is 4.92. The Morgan fingerprint density at radius 1 is 1.37 bits per heavy atom. The number of carbonyl (C=O) groups is 1. The van der Waals surface area contributed by atoms with Crippen molar-refractivity contribution in [1.29, 1.82) is 0 Å². The molecule has 146 valence electrons. The van der Waals surface area contributed by atoms with Crippen LogP contribution in [0.15, 0.2) is 24.3 Å². The normalized spacial score (nSPS) is 15.7. The average molecular weight is 390 g/mol. The molecule has 0 spiro atoms. The maximum absolute atomic E-state index is 12.6. The zero-order valence-corrected chi connectivity index (χ0v) is 16.9. The van der Waals surface area contributed by atoms with Gasteiger partial charge in [0.15, 0.2) is 10.6 Å². The number of morpholine rings is 1. The maximum atomic E-state index is 12.6. The summed E-state index contributed by atoms with van der Waals surface area (Å²) in [5, 5.41) is 10.1. The Kier molecular flexibility index (Phi) is 6.08. The second kappa shape index (κ2) is 8.33. The summed E-state index contributed by atoms with van der Waals surface area (Å²) in [4.78, 5) is 14.9. The van der Waals surface area contributed by atoms with E-state index in [0.29, 0.717) is 17.1 Å². The lowest BCUT2D eigenvalue weighted by Crippen LogP contribution is -2.55. The number of aromatic amines is 1. The number of benzene rings is 1. The topological polar surface area (TPSA) is 75.2 Å². The highest BCUT2D eigenvalue weighted by molar-refractivity contribution is 7.71. The fourth-order valence-corrected chi connectivity index (χ4v) is 3.46. The van der Waals surface area contributed by atoms with Gasteiger partial charge in [-0.25, -0.2) is 0 Å². The number of ether oxygens (including phenoxy) is 1. The molecule has 0 radical (unpaired) electrons. The predicted molar refractivity (Wildman–Crippen MR) is 107 cm³/mol. The zero-order valence-electron chi connectivity index (χ0n) is 16.1. The van der Waals surface area contributed by atoms with E-state index in [1.807, 2.05) is 31.2 Å². The Hall–Kier alpha value is -2.03. The van der Waals surface area contributed by atoms with Crippen LogP contribution in [-0.4, -0.2) is 64.0 Å². The number of nitrogens with one attached hydrogen (secondary N) is 2. The molecule has 1 aliphatic rings. The molecule has 0 unspecified atom stereocenters.